The number of aromatic nitrogens is 1. The summed E-state index contributed by atoms with van der Waals surface area (Å²) < 4.78 is 0. The van der Waals surface area contributed by atoms with Gasteiger partial charge < -0.3 is 17.1 Å². The van der Waals surface area contributed by atoms with E-state index in [1.807, 2.05) is 17.0 Å². The zero-order chi connectivity index (χ0) is 13.7. The van der Waals surface area contributed by atoms with Gasteiger partial charge in [0, 0.05) is 25.3 Å². The van der Waals surface area contributed by atoms with Gasteiger partial charge in [0.25, 0.3) is 0 Å². The van der Waals surface area contributed by atoms with E-state index in [4.69, 9.17) is 5.26 Å². The number of pyridine rings is 1. The van der Waals surface area contributed by atoms with Crippen molar-refractivity contribution >= 4 is 11.7 Å². The maximum Gasteiger partial charge on any atom is 1.00 e. The Balaban J connectivity index is 0.00000200. The molecule has 0 spiro atoms. The number of nitriles is 1. The van der Waals surface area contributed by atoms with Gasteiger partial charge in [-0.05, 0) is 25.0 Å². The first-order chi connectivity index (χ1) is 9.22. The Bertz CT molecular complexity index is 475. The Hall–Kier alpha value is -0.454. The van der Waals surface area contributed by atoms with Crippen molar-refractivity contribution in [3.05, 3.63) is 30.8 Å². The molecular weight excluding hydrogens is 279 g/mol. The number of anilines is 1. The molecule has 1 aromatic heterocycles. The third-order valence-electron chi connectivity index (χ3n) is 3.31. The zero-order valence-electron chi connectivity index (χ0n) is 11.8. The van der Waals surface area contributed by atoms with Crippen LogP contribution < -0.4 is 56.7 Å². The molecule has 6 heteroatoms. The summed E-state index contributed by atoms with van der Waals surface area (Å²) in [6.45, 7) is 5.15. The fraction of sp³-hybridized carbons (Fsp3) is 0.429. The van der Waals surface area contributed by atoms with Gasteiger partial charge in [0.15, 0.2) is 5.91 Å². The van der Waals surface area contributed by atoms with Crippen molar-refractivity contribution in [1.29, 1.82) is 5.26 Å². The van der Waals surface area contributed by atoms with Crippen LogP contribution in [0.5, 0.6) is 0 Å². The fourth-order valence-electron chi connectivity index (χ4n) is 2.19. The number of hydrogen-bond acceptors (Lipinski definition) is 4. The third kappa shape index (κ3) is 4.83. The second-order valence-electron chi connectivity index (χ2n) is 4.59. The average molecular weight is 296 g/mol. The molecular formula is C14H17KN4O. The Morgan fingerprint density at radius 2 is 2.20 bits per heavy atom. The Morgan fingerprint density at radius 3 is 2.70 bits per heavy atom. The minimum Gasteiger partial charge on any atom is -0.367 e. The van der Waals surface area contributed by atoms with E-state index in [1.165, 1.54) is 0 Å². The second kappa shape index (κ2) is 8.75. The molecule has 1 N–H and O–H groups in total. The molecule has 1 saturated heterocycles. The van der Waals surface area contributed by atoms with Gasteiger partial charge in [-0.15, -0.1) is 6.42 Å². The number of hydrogen-bond donors (Lipinski definition) is 1. The topological polar surface area (TPSA) is 69.0 Å². The predicted octanol–water partition coefficient (Wildman–Crippen LogP) is -1.42. The molecule has 0 saturated carbocycles. The third-order valence-corrected chi connectivity index (χ3v) is 3.31. The Kier molecular flexibility index (Phi) is 7.70. The summed E-state index contributed by atoms with van der Waals surface area (Å²) >= 11 is 0. The molecule has 0 atom stereocenters. The first kappa shape index (κ1) is 17.6. The van der Waals surface area contributed by atoms with Crippen LogP contribution >= 0.6 is 0 Å². The molecule has 2 heterocycles. The fourth-order valence-corrected chi connectivity index (χ4v) is 2.19. The molecule has 0 radical (unpaired) electrons. The molecule has 5 nitrogen and oxygen atoms in total. The molecule has 1 aliphatic heterocycles. The summed E-state index contributed by atoms with van der Waals surface area (Å²) in [6.07, 6.45) is 3.71. The standard InChI is InChI=1S/C14H17N4O.K/c1-2-14(19)18-7-5-12(6-8-18)17-13-4-3-11(9-15)10-16-13;/h3-4,10,12H,1-2,5-8H2,(H,16,17);/q-1;+1. The first-order valence-electron chi connectivity index (χ1n) is 6.42. The molecule has 1 fully saturated rings. The molecule has 0 aromatic carbocycles. The van der Waals surface area contributed by atoms with Gasteiger partial charge in [-0.3, -0.25) is 4.79 Å². The molecule has 0 unspecified atom stereocenters. The molecule has 20 heavy (non-hydrogen) atoms. The van der Waals surface area contributed by atoms with Crippen LogP contribution in [0.25, 0.3) is 0 Å². The maximum atomic E-state index is 11.5. The Morgan fingerprint density at radius 1 is 1.50 bits per heavy atom. The molecule has 0 bridgehead atoms. The van der Waals surface area contributed by atoms with Gasteiger partial charge in [-0.2, -0.15) is 5.26 Å². The van der Waals surface area contributed by atoms with Crippen molar-refractivity contribution in [2.75, 3.05) is 18.4 Å². The largest absolute Gasteiger partial charge is 1.00 e. The average Bonchev–Trinajstić information content (AvgIpc) is 2.48. The van der Waals surface area contributed by atoms with E-state index in [0.717, 1.165) is 31.7 Å². The van der Waals surface area contributed by atoms with E-state index in [9.17, 15) is 4.79 Å². The number of carbonyl (C=O) groups excluding carboxylic acids is 1. The van der Waals surface area contributed by atoms with Crippen LogP contribution in [0.15, 0.2) is 18.3 Å². The summed E-state index contributed by atoms with van der Waals surface area (Å²) in [4.78, 5) is 17.6. The van der Waals surface area contributed by atoms with Crippen LogP contribution in [0.1, 0.15) is 24.8 Å². The summed E-state index contributed by atoms with van der Waals surface area (Å²) in [5, 5.41) is 12.0. The quantitative estimate of drug-likeness (QED) is 0.549. The van der Waals surface area contributed by atoms with Gasteiger partial charge in [-0.1, -0.05) is 0 Å². The van der Waals surface area contributed by atoms with Crippen molar-refractivity contribution in [1.82, 2.24) is 9.88 Å². The van der Waals surface area contributed by atoms with Crippen LogP contribution in [-0.2, 0) is 4.79 Å². The number of rotatable bonds is 3. The molecule has 1 aromatic rings. The second-order valence-corrected chi connectivity index (χ2v) is 4.59. The molecule has 1 amide bonds. The number of nitrogens with one attached hydrogen (secondary N) is 1. The van der Waals surface area contributed by atoms with Crippen molar-refractivity contribution in [2.45, 2.75) is 25.3 Å². The predicted molar refractivity (Wildman–Crippen MR) is 72.2 cm³/mol. The monoisotopic (exact) mass is 296 g/mol. The molecule has 0 aliphatic carbocycles. The normalized spacial score (nSPS) is 15.1. The van der Waals surface area contributed by atoms with Gasteiger partial charge in [0.2, 0.25) is 0 Å². The van der Waals surface area contributed by atoms with E-state index >= 15 is 0 Å². The SMILES string of the molecule is [CH2-]CC(=O)N1CCC(Nc2ccc(C#N)cn2)CC1.[K+]. The van der Waals surface area contributed by atoms with Crippen LogP contribution in [0, 0.1) is 18.3 Å². The van der Waals surface area contributed by atoms with Crippen molar-refractivity contribution in [3.63, 3.8) is 0 Å². The van der Waals surface area contributed by atoms with Crippen LogP contribution in [-0.4, -0.2) is 34.9 Å². The van der Waals surface area contributed by atoms with Crippen LogP contribution in [0.4, 0.5) is 5.82 Å². The van der Waals surface area contributed by atoms with Crippen molar-refractivity contribution < 1.29 is 56.2 Å². The van der Waals surface area contributed by atoms with Gasteiger partial charge >= 0.3 is 51.4 Å². The minimum absolute atomic E-state index is 0. The minimum atomic E-state index is 0. The van der Waals surface area contributed by atoms with Crippen LogP contribution in [0.3, 0.4) is 0 Å². The van der Waals surface area contributed by atoms with E-state index in [0.29, 0.717) is 18.0 Å². The number of nitrogens with zero attached hydrogens (tertiary/aromatic N) is 3. The smallest absolute Gasteiger partial charge is 0.367 e. The van der Waals surface area contributed by atoms with Crippen molar-refractivity contribution in [3.8, 4) is 6.07 Å². The number of carbonyl (C=O) groups is 1. The number of likely N-dealkylation sites (tertiary alicyclic amines) is 1. The van der Waals surface area contributed by atoms with Crippen molar-refractivity contribution in [2.24, 2.45) is 0 Å². The summed E-state index contributed by atoms with van der Waals surface area (Å²) in [7, 11) is 0. The maximum absolute atomic E-state index is 11.5. The summed E-state index contributed by atoms with van der Waals surface area (Å²) in [5.74, 6) is 0.899. The van der Waals surface area contributed by atoms with E-state index in [2.05, 4.69) is 17.2 Å². The molecule has 2 rings (SSSR count). The van der Waals surface area contributed by atoms with Crippen LogP contribution in [0.2, 0.25) is 0 Å². The van der Waals surface area contributed by atoms with E-state index in [1.54, 1.807) is 12.3 Å². The van der Waals surface area contributed by atoms with Gasteiger partial charge in [-0.25, -0.2) is 4.98 Å². The summed E-state index contributed by atoms with van der Waals surface area (Å²) in [6, 6.07) is 5.93. The zero-order valence-corrected chi connectivity index (χ0v) is 14.9. The van der Waals surface area contributed by atoms with E-state index < -0.39 is 0 Å². The van der Waals surface area contributed by atoms with Gasteiger partial charge in [0.05, 0.1) is 5.56 Å². The number of amides is 1. The Labute approximate surface area is 162 Å². The number of piperidine rings is 1. The summed E-state index contributed by atoms with van der Waals surface area (Å²) in [5.41, 5.74) is 0.557. The first-order valence-corrected chi connectivity index (χ1v) is 6.42. The molecule has 1 aliphatic rings. The molecule has 100 valence electrons. The van der Waals surface area contributed by atoms with Gasteiger partial charge in [0.1, 0.15) is 11.9 Å². The van der Waals surface area contributed by atoms with E-state index in [-0.39, 0.29) is 57.3 Å².